The van der Waals surface area contributed by atoms with Crippen LogP contribution < -0.4 is 5.32 Å². The standard InChI is InChI=1S/C16H10F7NO/c1-7(8-5-3-2-4-6-8)15(25)24-14-12(19)10(17)9(16(21,22)23)11(18)13(14)20/h2-7H,1H3,(H,24,25). The van der Waals surface area contributed by atoms with Gasteiger partial charge in [-0.3, -0.25) is 4.79 Å². The second-order valence-corrected chi connectivity index (χ2v) is 5.13. The van der Waals surface area contributed by atoms with E-state index in [0.29, 0.717) is 5.56 Å². The zero-order valence-electron chi connectivity index (χ0n) is 12.5. The van der Waals surface area contributed by atoms with Crippen LogP contribution in [0.25, 0.3) is 0 Å². The Labute approximate surface area is 137 Å². The highest BCUT2D eigenvalue weighted by Crippen LogP contribution is 2.38. The van der Waals surface area contributed by atoms with Gasteiger partial charge >= 0.3 is 6.18 Å². The molecule has 1 amide bonds. The van der Waals surface area contributed by atoms with E-state index in [1.807, 2.05) is 0 Å². The van der Waals surface area contributed by atoms with Crippen molar-refractivity contribution < 1.29 is 35.5 Å². The van der Waals surface area contributed by atoms with Gasteiger partial charge in [-0.2, -0.15) is 13.2 Å². The van der Waals surface area contributed by atoms with Gasteiger partial charge < -0.3 is 5.32 Å². The molecule has 1 atom stereocenters. The summed E-state index contributed by atoms with van der Waals surface area (Å²) in [5.41, 5.74) is -3.89. The molecule has 1 unspecified atom stereocenters. The molecule has 25 heavy (non-hydrogen) atoms. The lowest BCUT2D eigenvalue weighted by Crippen LogP contribution is -2.23. The third kappa shape index (κ3) is 3.59. The fraction of sp³-hybridized carbons (Fsp3) is 0.188. The molecule has 0 aromatic heterocycles. The summed E-state index contributed by atoms with van der Waals surface area (Å²) in [6.45, 7) is 1.34. The minimum absolute atomic E-state index is 0.425. The summed E-state index contributed by atoms with van der Waals surface area (Å²) in [7, 11) is 0. The summed E-state index contributed by atoms with van der Waals surface area (Å²) in [6.07, 6.45) is -5.64. The van der Waals surface area contributed by atoms with Crippen molar-refractivity contribution in [3.8, 4) is 0 Å². The Kier molecular flexibility index (Phi) is 5.05. The topological polar surface area (TPSA) is 29.1 Å². The Morgan fingerprint density at radius 2 is 1.40 bits per heavy atom. The molecule has 0 saturated carbocycles. The van der Waals surface area contributed by atoms with Gasteiger partial charge in [0, 0.05) is 0 Å². The third-order valence-electron chi connectivity index (χ3n) is 3.49. The number of carbonyl (C=O) groups excluding carboxylic acids is 1. The summed E-state index contributed by atoms with van der Waals surface area (Å²) in [5.74, 6) is -12.0. The van der Waals surface area contributed by atoms with Crippen molar-refractivity contribution >= 4 is 11.6 Å². The Morgan fingerprint density at radius 1 is 0.920 bits per heavy atom. The second-order valence-electron chi connectivity index (χ2n) is 5.13. The molecule has 2 rings (SSSR count). The SMILES string of the molecule is CC(C(=O)Nc1c(F)c(F)c(C(F)(F)F)c(F)c1F)c1ccccc1. The lowest BCUT2D eigenvalue weighted by molar-refractivity contribution is -0.143. The third-order valence-corrected chi connectivity index (χ3v) is 3.49. The predicted molar refractivity (Wildman–Crippen MR) is 74.8 cm³/mol. The van der Waals surface area contributed by atoms with E-state index in [4.69, 9.17) is 0 Å². The first-order chi connectivity index (χ1) is 11.6. The molecule has 0 aliphatic rings. The van der Waals surface area contributed by atoms with Crippen molar-refractivity contribution in [2.45, 2.75) is 19.0 Å². The number of nitrogens with one attached hydrogen (secondary N) is 1. The molecular weight excluding hydrogens is 355 g/mol. The Balaban J connectivity index is 2.43. The number of hydrogen-bond acceptors (Lipinski definition) is 1. The number of halogens is 7. The number of rotatable bonds is 3. The first kappa shape index (κ1) is 18.8. The Hall–Kier alpha value is -2.58. The van der Waals surface area contributed by atoms with Crippen LogP contribution in [0.4, 0.5) is 36.4 Å². The summed E-state index contributed by atoms with van der Waals surface area (Å²) in [4.78, 5) is 12.0. The second kappa shape index (κ2) is 6.73. The van der Waals surface area contributed by atoms with Crippen LogP contribution in [0.2, 0.25) is 0 Å². The van der Waals surface area contributed by atoms with Crippen LogP contribution in [0.15, 0.2) is 30.3 Å². The van der Waals surface area contributed by atoms with Crippen molar-refractivity contribution in [1.82, 2.24) is 0 Å². The summed E-state index contributed by atoms with van der Waals surface area (Å²) >= 11 is 0. The van der Waals surface area contributed by atoms with Gasteiger partial charge in [-0.05, 0) is 12.5 Å². The van der Waals surface area contributed by atoms with Crippen LogP contribution in [-0.2, 0) is 11.0 Å². The van der Waals surface area contributed by atoms with E-state index >= 15 is 0 Å². The van der Waals surface area contributed by atoms with Gasteiger partial charge in [0.1, 0.15) is 11.3 Å². The van der Waals surface area contributed by atoms with Gasteiger partial charge in [-0.15, -0.1) is 0 Å². The first-order valence-electron chi connectivity index (χ1n) is 6.84. The average Bonchev–Trinajstić information content (AvgIpc) is 2.55. The molecule has 0 radical (unpaired) electrons. The van der Waals surface area contributed by atoms with Crippen molar-refractivity contribution in [3.63, 3.8) is 0 Å². The van der Waals surface area contributed by atoms with E-state index in [1.54, 1.807) is 23.5 Å². The molecule has 0 aliphatic carbocycles. The largest absolute Gasteiger partial charge is 0.422 e. The van der Waals surface area contributed by atoms with E-state index in [-0.39, 0.29) is 0 Å². The number of amides is 1. The maximum Gasteiger partial charge on any atom is 0.422 e. The molecule has 0 fully saturated rings. The molecule has 0 heterocycles. The fourth-order valence-electron chi connectivity index (χ4n) is 2.11. The molecule has 134 valence electrons. The van der Waals surface area contributed by atoms with Gasteiger partial charge in [0.15, 0.2) is 23.3 Å². The van der Waals surface area contributed by atoms with E-state index < -0.39 is 52.5 Å². The van der Waals surface area contributed by atoms with E-state index in [1.165, 1.54) is 19.1 Å². The van der Waals surface area contributed by atoms with Gasteiger partial charge in [-0.1, -0.05) is 30.3 Å². The number of carbonyl (C=O) groups is 1. The minimum Gasteiger partial charge on any atom is -0.320 e. The van der Waals surface area contributed by atoms with Crippen LogP contribution >= 0.6 is 0 Å². The molecule has 0 spiro atoms. The molecule has 1 N–H and O–H groups in total. The smallest absolute Gasteiger partial charge is 0.320 e. The highest BCUT2D eigenvalue weighted by atomic mass is 19.4. The maximum absolute atomic E-state index is 13.8. The molecule has 0 bridgehead atoms. The van der Waals surface area contributed by atoms with Gasteiger partial charge in [0.05, 0.1) is 5.92 Å². The van der Waals surface area contributed by atoms with E-state index in [0.717, 1.165) is 0 Å². The van der Waals surface area contributed by atoms with E-state index in [9.17, 15) is 35.5 Å². The average molecular weight is 365 g/mol. The van der Waals surface area contributed by atoms with Gasteiger partial charge in [-0.25, -0.2) is 17.6 Å². The highest BCUT2D eigenvalue weighted by Gasteiger charge is 2.42. The number of benzene rings is 2. The van der Waals surface area contributed by atoms with Crippen LogP contribution in [0.1, 0.15) is 24.0 Å². The number of hydrogen-bond donors (Lipinski definition) is 1. The Bertz CT molecular complexity index is 773. The summed E-state index contributed by atoms with van der Waals surface area (Å²) < 4.78 is 92.1. The van der Waals surface area contributed by atoms with Crippen molar-refractivity contribution in [1.29, 1.82) is 0 Å². The number of anilines is 1. The van der Waals surface area contributed by atoms with Crippen molar-refractivity contribution in [2.75, 3.05) is 5.32 Å². The van der Waals surface area contributed by atoms with Crippen LogP contribution in [0, 0.1) is 23.3 Å². The van der Waals surface area contributed by atoms with Crippen LogP contribution in [-0.4, -0.2) is 5.91 Å². The zero-order valence-corrected chi connectivity index (χ0v) is 12.5. The quantitative estimate of drug-likeness (QED) is 0.602. The monoisotopic (exact) mass is 365 g/mol. The maximum atomic E-state index is 13.8. The summed E-state index contributed by atoms with van der Waals surface area (Å²) in [5, 5.41) is 1.60. The van der Waals surface area contributed by atoms with Gasteiger partial charge in [0.2, 0.25) is 5.91 Å². The van der Waals surface area contributed by atoms with Crippen molar-refractivity contribution in [2.24, 2.45) is 0 Å². The minimum atomic E-state index is -5.64. The predicted octanol–water partition coefficient (Wildman–Crippen LogP) is 5.00. The molecule has 2 nitrogen and oxygen atoms in total. The lowest BCUT2D eigenvalue weighted by Gasteiger charge is -2.16. The van der Waals surface area contributed by atoms with E-state index in [2.05, 4.69) is 0 Å². The zero-order chi connectivity index (χ0) is 18.9. The Morgan fingerprint density at radius 3 is 1.84 bits per heavy atom. The molecule has 2 aromatic carbocycles. The molecular formula is C16H10F7NO. The highest BCUT2D eigenvalue weighted by molar-refractivity contribution is 5.95. The van der Waals surface area contributed by atoms with Crippen LogP contribution in [0.3, 0.4) is 0 Å². The molecule has 2 aromatic rings. The van der Waals surface area contributed by atoms with Gasteiger partial charge in [0.25, 0.3) is 0 Å². The lowest BCUT2D eigenvalue weighted by atomic mass is 10.0. The molecule has 0 aliphatic heterocycles. The number of alkyl halides is 3. The molecule has 9 heteroatoms. The fourth-order valence-corrected chi connectivity index (χ4v) is 2.11. The molecule has 0 saturated heterocycles. The first-order valence-corrected chi connectivity index (χ1v) is 6.84. The normalized spacial score (nSPS) is 12.8. The van der Waals surface area contributed by atoms with Crippen molar-refractivity contribution in [3.05, 3.63) is 64.7 Å². The summed E-state index contributed by atoms with van der Waals surface area (Å²) in [6, 6.07) is 7.85. The van der Waals surface area contributed by atoms with Crippen LogP contribution in [0.5, 0.6) is 0 Å².